The van der Waals surface area contributed by atoms with Gasteiger partial charge in [-0.3, -0.25) is 4.79 Å². The van der Waals surface area contributed by atoms with Crippen LogP contribution in [0, 0.1) is 11.8 Å². The Hall–Kier alpha value is -1.49. The van der Waals surface area contributed by atoms with Crippen LogP contribution in [-0.2, 0) is 4.79 Å². The Kier molecular flexibility index (Phi) is 5.89. The van der Waals surface area contributed by atoms with Crippen LogP contribution in [0.2, 0.25) is 0 Å². The molecular weight excluding hydrogens is 286 g/mol. The van der Waals surface area contributed by atoms with Gasteiger partial charge in [0.2, 0.25) is 5.91 Å². The van der Waals surface area contributed by atoms with Gasteiger partial charge in [0.1, 0.15) is 6.04 Å². The fourth-order valence-corrected chi connectivity index (χ4v) is 2.65. The maximum absolute atomic E-state index is 13.3. The smallest absolute Gasteiger partial charge is 0.262 e. The first-order valence-corrected chi connectivity index (χ1v) is 7.85. The van der Waals surface area contributed by atoms with Crippen molar-refractivity contribution >= 4 is 5.91 Å². The van der Waals surface area contributed by atoms with Crippen molar-refractivity contribution < 1.29 is 13.6 Å². The predicted molar refractivity (Wildman–Crippen MR) is 82.7 cm³/mol. The van der Waals surface area contributed by atoms with Crippen LogP contribution in [0.5, 0.6) is 0 Å². The van der Waals surface area contributed by atoms with Crippen LogP contribution in [0.3, 0.4) is 0 Å². The number of hydrogen-bond donors (Lipinski definition) is 1. The Balaban J connectivity index is 2.05. The average molecular weight is 310 g/mol. The summed E-state index contributed by atoms with van der Waals surface area (Å²) in [4.78, 5) is 14.7. The standard InChI is InChI=1S/C17H24F2N2O/c1-12(2)14(11-21-9-6-10-21)17(22)20-15(16(18)19)13-7-4-3-5-8-13/h3-5,7-8,12,14-16H,6,9-11H2,1-2H3,(H,20,22). The van der Waals surface area contributed by atoms with Crippen molar-refractivity contribution in [1.29, 1.82) is 0 Å². The lowest BCUT2D eigenvalue weighted by molar-refractivity contribution is -0.129. The highest BCUT2D eigenvalue weighted by Crippen LogP contribution is 2.23. The van der Waals surface area contributed by atoms with Crippen LogP contribution < -0.4 is 5.32 Å². The van der Waals surface area contributed by atoms with E-state index in [1.54, 1.807) is 30.3 Å². The van der Waals surface area contributed by atoms with E-state index in [1.165, 1.54) is 0 Å². The summed E-state index contributed by atoms with van der Waals surface area (Å²) in [5.41, 5.74) is 0.442. The van der Waals surface area contributed by atoms with Crippen molar-refractivity contribution in [2.24, 2.45) is 11.8 Å². The van der Waals surface area contributed by atoms with Crippen molar-refractivity contribution in [3.8, 4) is 0 Å². The highest BCUT2D eigenvalue weighted by Gasteiger charge is 2.31. The fraction of sp³-hybridized carbons (Fsp3) is 0.588. The Morgan fingerprint density at radius 1 is 1.23 bits per heavy atom. The molecule has 1 aliphatic rings. The number of alkyl halides is 2. The third kappa shape index (κ3) is 4.26. The van der Waals surface area contributed by atoms with Crippen molar-refractivity contribution in [3.05, 3.63) is 35.9 Å². The molecule has 0 spiro atoms. The van der Waals surface area contributed by atoms with E-state index in [2.05, 4.69) is 10.2 Å². The maximum Gasteiger partial charge on any atom is 0.262 e. The molecule has 1 heterocycles. The number of rotatable bonds is 7. The second kappa shape index (κ2) is 7.68. The predicted octanol–water partition coefficient (Wildman–Crippen LogP) is 3.09. The zero-order chi connectivity index (χ0) is 16.1. The molecule has 2 rings (SSSR count). The van der Waals surface area contributed by atoms with E-state index < -0.39 is 12.5 Å². The molecule has 2 unspecified atom stereocenters. The molecule has 1 fully saturated rings. The van der Waals surface area contributed by atoms with E-state index in [0.29, 0.717) is 12.1 Å². The molecule has 0 aromatic heterocycles. The first-order valence-electron chi connectivity index (χ1n) is 7.85. The van der Waals surface area contributed by atoms with Crippen LogP contribution in [0.1, 0.15) is 31.9 Å². The third-order valence-corrected chi connectivity index (χ3v) is 4.25. The van der Waals surface area contributed by atoms with Gasteiger partial charge >= 0.3 is 0 Å². The molecule has 1 N–H and O–H groups in total. The van der Waals surface area contributed by atoms with Gasteiger partial charge in [-0.15, -0.1) is 0 Å². The normalized spacial score (nSPS) is 18.1. The number of nitrogens with one attached hydrogen (secondary N) is 1. The minimum atomic E-state index is -2.62. The molecule has 1 aromatic carbocycles. The Bertz CT molecular complexity index is 475. The molecular formula is C17H24F2N2O. The summed E-state index contributed by atoms with van der Waals surface area (Å²) in [6, 6.07) is 7.18. The SMILES string of the molecule is CC(C)C(CN1CCC1)C(=O)NC(c1ccccc1)C(F)F. The zero-order valence-electron chi connectivity index (χ0n) is 13.1. The van der Waals surface area contributed by atoms with Crippen LogP contribution in [0.25, 0.3) is 0 Å². The topological polar surface area (TPSA) is 32.3 Å². The minimum Gasteiger partial charge on any atom is -0.343 e. The van der Waals surface area contributed by atoms with Crippen molar-refractivity contribution in [2.75, 3.05) is 19.6 Å². The summed E-state index contributed by atoms with van der Waals surface area (Å²) >= 11 is 0. The minimum absolute atomic E-state index is 0.120. The number of carbonyl (C=O) groups is 1. The van der Waals surface area contributed by atoms with E-state index in [0.717, 1.165) is 19.5 Å². The van der Waals surface area contributed by atoms with Gasteiger partial charge in [0.05, 0.1) is 5.92 Å². The van der Waals surface area contributed by atoms with Crippen molar-refractivity contribution in [2.45, 2.75) is 32.7 Å². The van der Waals surface area contributed by atoms with E-state index >= 15 is 0 Å². The molecule has 0 bridgehead atoms. The second-order valence-corrected chi connectivity index (χ2v) is 6.24. The molecule has 1 aliphatic heterocycles. The first-order chi connectivity index (χ1) is 10.5. The van der Waals surface area contributed by atoms with E-state index in [9.17, 15) is 13.6 Å². The molecule has 0 aliphatic carbocycles. The van der Waals surface area contributed by atoms with Gasteiger partial charge in [-0.2, -0.15) is 0 Å². The lowest BCUT2D eigenvalue weighted by Crippen LogP contribution is -2.47. The Morgan fingerprint density at radius 2 is 1.86 bits per heavy atom. The van der Waals surface area contributed by atoms with Gasteiger partial charge in [0, 0.05) is 6.54 Å². The molecule has 1 amide bonds. The highest BCUT2D eigenvalue weighted by molar-refractivity contribution is 5.79. The third-order valence-electron chi connectivity index (χ3n) is 4.25. The summed E-state index contributed by atoms with van der Waals surface area (Å²) in [7, 11) is 0. The van der Waals surface area contributed by atoms with Gasteiger partial charge in [0.25, 0.3) is 6.43 Å². The molecule has 1 saturated heterocycles. The number of hydrogen-bond acceptors (Lipinski definition) is 2. The van der Waals surface area contributed by atoms with Gasteiger partial charge in [0.15, 0.2) is 0 Å². The molecule has 1 aromatic rings. The van der Waals surface area contributed by atoms with E-state index in [-0.39, 0.29) is 17.7 Å². The van der Waals surface area contributed by atoms with Gasteiger partial charge < -0.3 is 10.2 Å². The largest absolute Gasteiger partial charge is 0.343 e. The van der Waals surface area contributed by atoms with Gasteiger partial charge in [-0.05, 0) is 31.0 Å². The second-order valence-electron chi connectivity index (χ2n) is 6.24. The quantitative estimate of drug-likeness (QED) is 0.839. The van der Waals surface area contributed by atoms with Crippen LogP contribution in [0.4, 0.5) is 8.78 Å². The monoisotopic (exact) mass is 310 g/mol. The number of benzene rings is 1. The lowest BCUT2D eigenvalue weighted by Gasteiger charge is -2.35. The Labute approximate surface area is 130 Å². The average Bonchev–Trinajstić information content (AvgIpc) is 2.43. The van der Waals surface area contributed by atoms with E-state index in [1.807, 2.05) is 13.8 Å². The summed E-state index contributed by atoms with van der Waals surface area (Å²) in [5, 5.41) is 2.55. The van der Waals surface area contributed by atoms with Gasteiger partial charge in [-0.1, -0.05) is 44.2 Å². The number of nitrogens with zero attached hydrogens (tertiary/aromatic N) is 1. The Morgan fingerprint density at radius 3 is 2.32 bits per heavy atom. The molecule has 122 valence electrons. The van der Waals surface area contributed by atoms with Gasteiger partial charge in [-0.25, -0.2) is 8.78 Å². The molecule has 0 radical (unpaired) electrons. The summed E-state index contributed by atoms with van der Waals surface area (Å²) in [6.45, 7) is 6.56. The highest BCUT2D eigenvalue weighted by atomic mass is 19.3. The fourth-order valence-electron chi connectivity index (χ4n) is 2.65. The van der Waals surface area contributed by atoms with Crippen molar-refractivity contribution in [3.63, 3.8) is 0 Å². The molecule has 5 heteroatoms. The lowest BCUT2D eigenvalue weighted by atomic mass is 9.92. The van der Waals surface area contributed by atoms with Crippen LogP contribution in [0.15, 0.2) is 30.3 Å². The number of halogens is 2. The summed E-state index contributed by atoms with van der Waals surface area (Å²) in [5.74, 6) is -0.420. The molecule has 22 heavy (non-hydrogen) atoms. The summed E-state index contributed by atoms with van der Waals surface area (Å²) < 4.78 is 26.6. The van der Waals surface area contributed by atoms with Crippen molar-refractivity contribution in [1.82, 2.24) is 10.2 Å². The molecule has 2 atom stereocenters. The maximum atomic E-state index is 13.3. The zero-order valence-corrected chi connectivity index (χ0v) is 13.1. The number of amides is 1. The summed E-state index contributed by atoms with van der Waals surface area (Å²) in [6.07, 6.45) is -1.47. The number of likely N-dealkylation sites (tertiary alicyclic amines) is 1. The molecule has 3 nitrogen and oxygen atoms in total. The molecule has 0 saturated carbocycles. The van der Waals surface area contributed by atoms with Crippen LogP contribution in [-0.4, -0.2) is 36.9 Å². The van der Waals surface area contributed by atoms with Crippen LogP contribution >= 0.6 is 0 Å². The first kappa shape index (κ1) is 16.9. The number of carbonyl (C=O) groups excluding carboxylic acids is 1. The van der Waals surface area contributed by atoms with E-state index in [4.69, 9.17) is 0 Å².